The molecule has 0 heteroatoms. The van der Waals surface area contributed by atoms with Crippen molar-refractivity contribution in [1.29, 1.82) is 0 Å². The maximum atomic E-state index is 2.55. The topological polar surface area (TPSA) is 0 Å². The van der Waals surface area contributed by atoms with E-state index in [1.165, 1.54) is 38.5 Å². The van der Waals surface area contributed by atoms with Crippen LogP contribution in [0, 0.1) is 23.7 Å². The van der Waals surface area contributed by atoms with Gasteiger partial charge in [0.1, 0.15) is 0 Å². The number of hydrogen-bond donors (Lipinski definition) is 0. The molecule has 17 heavy (non-hydrogen) atoms. The first-order valence-corrected chi connectivity index (χ1v) is 7.77. The van der Waals surface area contributed by atoms with Gasteiger partial charge in [-0.2, -0.15) is 0 Å². The molecule has 0 spiro atoms. The molecular formula is C17H32. The first-order chi connectivity index (χ1) is 8.08. The SMILES string of the molecule is CCC(C)CC(CC)C1CC=C(C(C)C)CC1. The third-order valence-electron chi connectivity index (χ3n) is 4.82. The van der Waals surface area contributed by atoms with Gasteiger partial charge in [0.25, 0.3) is 0 Å². The standard InChI is InChI=1S/C17H32/c1-6-14(5)12-15(7-2)17-10-8-16(9-11-17)13(3)4/h8,13-15,17H,6-7,9-12H2,1-5H3. The van der Waals surface area contributed by atoms with E-state index >= 15 is 0 Å². The summed E-state index contributed by atoms with van der Waals surface area (Å²) in [6.45, 7) is 11.8. The molecular weight excluding hydrogens is 204 g/mol. The zero-order valence-corrected chi connectivity index (χ0v) is 12.6. The zero-order valence-electron chi connectivity index (χ0n) is 12.6. The molecule has 1 rings (SSSR count). The minimum absolute atomic E-state index is 0.769. The van der Waals surface area contributed by atoms with Crippen LogP contribution in [0.3, 0.4) is 0 Å². The fourth-order valence-corrected chi connectivity index (χ4v) is 3.20. The van der Waals surface area contributed by atoms with Crippen LogP contribution in [0.5, 0.6) is 0 Å². The Labute approximate surface area is 109 Å². The Morgan fingerprint density at radius 3 is 2.29 bits per heavy atom. The van der Waals surface area contributed by atoms with Crippen LogP contribution in [0.15, 0.2) is 11.6 Å². The molecule has 1 aliphatic carbocycles. The van der Waals surface area contributed by atoms with E-state index in [9.17, 15) is 0 Å². The average Bonchev–Trinajstić information content (AvgIpc) is 2.35. The molecule has 3 atom stereocenters. The maximum absolute atomic E-state index is 2.55. The highest BCUT2D eigenvalue weighted by Gasteiger charge is 2.24. The van der Waals surface area contributed by atoms with Crippen molar-refractivity contribution in [3.8, 4) is 0 Å². The Morgan fingerprint density at radius 1 is 1.18 bits per heavy atom. The van der Waals surface area contributed by atoms with E-state index in [1.54, 1.807) is 5.57 Å². The Bertz CT molecular complexity index is 236. The van der Waals surface area contributed by atoms with E-state index in [2.05, 4.69) is 40.7 Å². The predicted molar refractivity (Wildman–Crippen MR) is 78.1 cm³/mol. The third kappa shape index (κ3) is 4.48. The van der Waals surface area contributed by atoms with E-state index in [0.717, 1.165) is 23.7 Å². The van der Waals surface area contributed by atoms with Crippen molar-refractivity contribution in [2.75, 3.05) is 0 Å². The minimum Gasteiger partial charge on any atom is -0.0848 e. The normalized spacial score (nSPS) is 24.6. The van der Waals surface area contributed by atoms with Crippen molar-refractivity contribution in [2.45, 2.75) is 73.1 Å². The molecule has 0 aromatic rings. The summed E-state index contributed by atoms with van der Waals surface area (Å²) >= 11 is 0. The molecule has 0 bridgehead atoms. The summed E-state index contributed by atoms with van der Waals surface area (Å²) in [7, 11) is 0. The minimum atomic E-state index is 0.769. The van der Waals surface area contributed by atoms with Crippen LogP contribution in [0.25, 0.3) is 0 Å². The zero-order chi connectivity index (χ0) is 12.8. The van der Waals surface area contributed by atoms with Crippen molar-refractivity contribution in [1.82, 2.24) is 0 Å². The lowest BCUT2D eigenvalue weighted by atomic mass is 9.74. The van der Waals surface area contributed by atoms with Gasteiger partial charge in [-0.15, -0.1) is 0 Å². The summed E-state index contributed by atoms with van der Waals surface area (Å²) in [6, 6.07) is 0. The Balaban J connectivity index is 2.50. The summed E-state index contributed by atoms with van der Waals surface area (Å²) in [6.07, 6.45) is 10.9. The van der Waals surface area contributed by atoms with Crippen LogP contribution in [-0.2, 0) is 0 Å². The molecule has 0 nitrogen and oxygen atoms in total. The summed E-state index contributed by atoms with van der Waals surface area (Å²) < 4.78 is 0. The molecule has 100 valence electrons. The lowest BCUT2D eigenvalue weighted by Gasteiger charge is -2.31. The van der Waals surface area contributed by atoms with Crippen LogP contribution < -0.4 is 0 Å². The van der Waals surface area contributed by atoms with Crippen LogP contribution >= 0.6 is 0 Å². The lowest BCUT2D eigenvalue weighted by molar-refractivity contribution is 0.242. The highest BCUT2D eigenvalue weighted by Crippen LogP contribution is 2.36. The largest absolute Gasteiger partial charge is 0.0848 e. The second-order valence-corrected chi connectivity index (χ2v) is 6.39. The summed E-state index contributed by atoms with van der Waals surface area (Å²) in [4.78, 5) is 0. The maximum Gasteiger partial charge on any atom is -0.0260 e. The van der Waals surface area contributed by atoms with Gasteiger partial charge in [0.05, 0.1) is 0 Å². The summed E-state index contributed by atoms with van der Waals surface area (Å²) in [5.41, 5.74) is 1.71. The van der Waals surface area contributed by atoms with Gasteiger partial charge in [-0.1, -0.05) is 59.1 Å². The van der Waals surface area contributed by atoms with E-state index in [-0.39, 0.29) is 0 Å². The first kappa shape index (κ1) is 14.8. The van der Waals surface area contributed by atoms with Crippen LogP contribution in [0.4, 0.5) is 0 Å². The van der Waals surface area contributed by atoms with Gasteiger partial charge in [-0.05, 0) is 49.4 Å². The molecule has 3 unspecified atom stereocenters. The molecule has 0 radical (unpaired) electrons. The lowest BCUT2D eigenvalue weighted by Crippen LogP contribution is -2.20. The van der Waals surface area contributed by atoms with Gasteiger partial charge in [0, 0.05) is 0 Å². The Morgan fingerprint density at radius 2 is 1.88 bits per heavy atom. The molecule has 0 N–H and O–H groups in total. The second-order valence-electron chi connectivity index (χ2n) is 6.39. The number of allylic oxidation sites excluding steroid dienone is 2. The molecule has 0 aromatic carbocycles. The van der Waals surface area contributed by atoms with Crippen LogP contribution in [0.2, 0.25) is 0 Å². The molecule has 1 aliphatic rings. The third-order valence-corrected chi connectivity index (χ3v) is 4.82. The van der Waals surface area contributed by atoms with Crippen molar-refractivity contribution in [3.63, 3.8) is 0 Å². The monoisotopic (exact) mass is 236 g/mol. The van der Waals surface area contributed by atoms with E-state index in [0.29, 0.717) is 0 Å². The predicted octanol–water partition coefficient (Wildman–Crippen LogP) is 5.83. The number of hydrogen-bond acceptors (Lipinski definition) is 0. The van der Waals surface area contributed by atoms with E-state index < -0.39 is 0 Å². The fourth-order valence-electron chi connectivity index (χ4n) is 3.20. The molecule has 0 heterocycles. The summed E-state index contributed by atoms with van der Waals surface area (Å²) in [5, 5.41) is 0. The summed E-state index contributed by atoms with van der Waals surface area (Å²) in [5.74, 6) is 3.62. The van der Waals surface area contributed by atoms with Gasteiger partial charge >= 0.3 is 0 Å². The quantitative estimate of drug-likeness (QED) is 0.509. The molecule has 0 saturated heterocycles. The second kappa shape index (κ2) is 7.24. The Kier molecular flexibility index (Phi) is 6.30. The average molecular weight is 236 g/mol. The fraction of sp³-hybridized carbons (Fsp3) is 0.882. The van der Waals surface area contributed by atoms with Crippen molar-refractivity contribution in [2.24, 2.45) is 23.7 Å². The van der Waals surface area contributed by atoms with Gasteiger partial charge in [0.15, 0.2) is 0 Å². The van der Waals surface area contributed by atoms with E-state index in [4.69, 9.17) is 0 Å². The number of rotatable bonds is 6. The van der Waals surface area contributed by atoms with Crippen molar-refractivity contribution < 1.29 is 0 Å². The van der Waals surface area contributed by atoms with Gasteiger partial charge in [-0.3, -0.25) is 0 Å². The molecule has 0 fully saturated rings. The smallest absolute Gasteiger partial charge is 0.0260 e. The van der Waals surface area contributed by atoms with Crippen molar-refractivity contribution >= 4 is 0 Å². The van der Waals surface area contributed by atoms with Gasteiger partial charge < -0.3 is 0 Å². The molecule has 0 saturated carbocycles. The highest BCUT2D eigenvalue weighted by molar-refractivity contribution is 5.09. The first-order valence-electron chi connectivity index (χ1n) is 7.77. The Hall–Kier alpha value is -0.260. The highest BCUT2D eigenvalue weighted by atomic mass is 14.3. The van der Waals surface area contributed by atoms with Crippen LogP contribution in [0.1, 0.15) is 73.1 Å². The molecule has 0 aromatic heterocycles. The molecule has 0 amide bonds. The van der Waals surface area contributed by atoms with Crippen molar-refractivity contribution in [3.05, 3.63) is 11.6 Å². The van der Waals surface area contributed by atoms with Gasteiger partial charge in [0.2, 0.25) is 0 Å². The van der Waals surface area contributed by atoms with E-state index in [1.807, 2.05) is 0 Å². The van der Waals surface area contributed by atoms with Gasteiger partial charge in [-0.25, -0.2) is 0 Å². The van der Waals surface area contributed by atoms with Crippen LogP contribution in [-0.4, -0.2) is 0 Å². The molecule has 0 aliphatic heterocycles.